The molecule has 0 unspecified atom stereocenters. The van der Waals surface area contributed by atoms with Crippen molar-refractivity contribution in [1.29, 1.82) is 0 Å². The van der Waals surface area contributed by atoms with Crippen molar-refractivity contribution in [2.45, 2.75) is 27.3 Å². The maximum Gasteiger partial charge on any atom is 0.166 e. The Labute approximate surface area is 108 Å². The zero-order chi connectivity index (χ0) is 13.1. The van der Waals surface area contributed by atoms with Gasteiger partial charge in [-0.3, -0.25) is 4.79 Å². The predicted octanol–water partition coefficient (Wildman–Crippen LogP) is 3.68. The van der Waals surface area contributed by atoms with E-state index in [1.807, 2.05) is 32.3 Å². The first-order valence-electron chi connectivity index (χ1n) is 6.32. The lowest BCUT2D eigenvalue weighted by Gasteiger charge is -2.04. The standard InChI is InChI=1S/C16H19NO/c1-12(2)16(18)15-7-8-17(11-15)10-14-6-4-5-13(3)9-14/h4-9,11-12H,10H2,1-3H3. The van der Waals surface area contributed by atoms with Crippen molar-refractivity contribution in [3.8, 4) is 0 Å². The van der Waals surface area contributed by atoms with E-state index in [0.29, 0.717) is 0 Å². The average Bonchev–Trinajstić information content (AvgIpc) is 2.76. The molecule has 2 heteroatoms. The monoisotopic (exact) mass is 241 g/mol. The van der Waals surface area contributed by atoms with Crippen LogP contribution >= 0.6 is 0 Å². The van der Waals surface area contributed by atoms with Crippen molar-refractivity contribution in [3.05, 3.63) is 59.4 Å². The highest BCUT2D eigenvalue weighted by atomic mass is 16.1. The van der Waals surface area contributed by atoms with Crippen molar-refractivity contribution in [1.82, 2.24) is 4.57 Å². The van der Waals surface area contributed by atoms with E-state index in [9.17, 15) is 4.79 Å². The third-order valence-electron chi connectivity index (χ3n) is 3.01. The molecule has 1 heterocycles. The van der Waals surface area contributed by atoms with Crippen LogP contribution in [0, 0.1) is 12.8 Å². The highest BCUT2D eigenvalue weighted by Crippen LogP contribution is 2.11. The Balaban J connectivity index is 2.14. The van der Waals surface area contributed by atoms with E-state index in [0.717, 1.165) is 12.1 Å². The van der Waals surface area contributed by atoms with E-state index < -0.39 is 0 Å². The summed E-state index contributed by atoms with van der Waals surface area (Å²) in [4.78, 5) is 11.9. The molecule has 0 radical (unpaired) electrons. The molecule has 2 rings (SSSR count). The van der Waals surface area contributed by atoms with Gasteiger partial charge in [0.2, 0.25) is 0 Å². The van der Waals surface area contributed by atoms with Gasteiger partial charge in [-0.25, -0.2) is 0 Å². The molecule has 94 valence electrons. The topological polar surface area (TPSA) is 22.0 Å². The van der Waals surface area contributed by atoms with E-state index in [1.54, 1.807) is 0 Å². The molecule has 0 N–H and O–H groups in total. The van der Waals surface area contributed by atoms with Crippen LogP contribution in [0.5, 0.6) is 0 Å². The van der Waals surface area contributed by atoms with Crippen LogP contribution < -0.4 is 0 Å². The van der Waals surface area contributed by atoms with Gasteiger partial charge in [-0.2, -0.15) is 0 Å². The Morgan fingerprint density at radius 3 is 2.72 bits per heavy atom. The number of aromatic nitrogens is 1. The minimum atomic E-state index is 0.0554. The second-order valence-electron chi connectivity index (χ2n) is 5.08. The minimum Gasteiger partial charge on any atom is -0.349 e. The van der Waals surface area contributed by atoms with Crippen LogP contribution in [0.3, 0.4) is 0 Å². The first-order valence-corrected chi connectivity index (χ1v) is 6.32. The second kappa shape index (κ2) is 5.21. The first-order chi connectivity index (χ1) is 8.56. The summed E-state index contributed by atoms with van der Waals surface area (Å²) >= 11 is 0. The van der Waals surface area contributed by atoms with E-state index in [-0.39, 0.29) is 11.7 Å². The van der Waals surface area contributed by atoms with Crippen molar-refractivity contribution in [2.75, 3.05) is 0 Å². The summed E-state index contributed by atoms with van der Waals surface area (Å²) in [5, 5.41) is 0. The number of carbonyl (C=O) groups is 1. The summed E-state index contributed by atoms with van der Waals surface area (Å²) in [5.74, 6) is 0.262. The smallest absolute Gasteiger partial charge is 0.166 e. The zero-order valence-corrected chi connectivity index (χ0v) is 11.2. The summed E-state index contributed by atoms with van der Waals surface area (Å²) in [6.07, 6.45) is 3.91. The molecular weight excluding hydrogens is 222 g/mol. The molecule has 0 atom stereocenters. The molecule has 0 spiro atoms. The Morgan fingerprint density at radius 1 is 1.28 bits per heavy atom. The average molecular weight is 241 g/mol. The zero-order valence-electron chi connectivity index (χ0n) is 11.2. The lowest BCUT2D eigenvalue weighted by atomic mass is 10.0. The van der Waals surface area contributed by atoms with E-state index >= 15 is 0 Å². The highest BCUT2D eigenvalue weighted by Gasteiger charge is 2.11. The second-order valence-corrected chi connectivity index (χ2v) is 5.08. The number of hydrogen-bond donors (Lipinski definition) is 0. The summed E-state index contributed by atoms with van der Waals surface area (Å²) in [6.45, 7) is 6.76. The fraction of sp³-hybridized carbons (Fsp3) is 0.312. The molecule has 18 heavy (non-hydrogen) atoms. The van der Waals surface area contributed by atoms with E-state index in [1.165, 1.54) is 11.1 Å². The third kappa shape index (κ3) is 2.89. The van der Waals surface area contributed by atoms with Crippen molar-refractivity contribution >= 4 is 5.78 Å². The fourth-order valence-corrected chi connectivity index (χ4v) is 2.04. The normalized spacial score (nSPS) is 10.9. The van der Waals surface area contributed by atoms with Gasteiger partial charge >= 0.3 is 0 Å². The van der Waals surface area contributed by atoms with Gasteiger partial charge in [0.05, 0.1) is 0 Å². The van der Waals surface area contributed by atoms with Gasteiger partial charge in [0.1, 0.15) is 0 Å². The Morgan fingerprint density at radius 2 is 2.06 bits per heavy atom. The van der Waals surface area contributed by atoms with Crippen molar-refractivity contribution in [3.63, 3.8) is 0 Å². The number of hydrogen-bond acceptors (Lipinski definition) is 1. The number of nitrogens with zero attached hydrogens (tertiary/aromatic N) is 1. The van der Waals surface area contributed by atoms with Crippen LogP contribution in [0.25, 0.3) is 0 Å². The van der Waals surface area contributed by atoms with Crippen molar-refractivity contribution in [2.24, 2.45) is 5.92 Å². The van der Waals surface area contributed by atoms with Crippen LogP contribution in [-0.2, 0) is 6.54 Å². The summed E-state index contributed by atoms with van der Waals surface area (Å²) in [5.41, 5.74) is 3.32. The number of aryl methyl sites for hydroxylation is 1. The van der Waals surface area contributed by atoms with Crippen LogP contribution in [-0.4, -0.2) is 10.4 Å². The van der Waals surface area contributed by atoms with Crippen LogP contribution in [0.1, 0.15) is 35.3 Å². The van der Waals surface area contributed by atoms with Crippen LogP contribution in [0.4, 0.5) is 0 Å². The van der Waals surface area contributed by atoms with Gasteiger partial charge in [-0.15, -0.1) is 0 Å². The van der Waals surface area contributed by atoms with E-state index in [2.05, 4.69) is 35.8 Å². The number of Topliss-reactive ketones (excluding diaryl/α,β-unsaturated/α-hetero) is 1. The highest BCUT2D eigenvalue weighted by molar-refractivity contribution is 5.97. The van der Waals surface area contributed by atoms with Gasteiger partial charge < -0.3 is 4.57 Å². The van der Waals surface area contributed by atoms with Crippen LogP contribution in [0.2, 0.25) is 0 Å². The SMILES string of the molecule is Cc1cccc(Cn2ccc(C(=O)C(C)C)c2)c1. The molecule has 0 saturated heterocycles. The summed E-state index contributed by atoms with van der Waals surface area (Å²) < 4.78 is 2.06. The number of benzene rings is 1. The molecule has 2 nitrogen and oxygen atoms in total. The molecule has 0 saturated carbocycles. The van der Waals surface area contributed by atoms with Crippen LogP contribution in [0.15, 0.2) is 42.7 Å². The predicted molar refractivity (Wildman–Crippen MR) is 73.9 cm³/mol. The summed E-state index contributed by atoms with van der Waals surface area (Å²) in [7, 11) is 0. The van der Waals surface area contributed by atoms with Gasteiger partial charge in [0.15, 0.2) is 5.78 Å². The molecule has 0 aliphatic rings. The summed E-state index contributed by atoms with van der Waals surface area (Å²) in [6, 6.07) is 10.3. The molecule has 2 aromatic rings. The Hall–Kier alpha value is -1.83. The maximum atomic E-state index is 11.9. The first kappa shape index (κ1) is 12.6. The lowest BCUT2D eigenvalue weighted by molar-refractivity contribution is 0.0939. The third-order valence-corrected chi connectivity index (χ3v) is 3.01. The van der Waals surface area contributed by atoms with Gasteiger partial charge in [-0.05, 0) is 18.6 Å². The molecule has 0 bridgehead atoms. The number of rotatable bonds is 4. The molecule has 0 aliphatic heterocycles. The Bertz CT molecular complexity index is 552. The molecule has 1 aromatic carbocycles. The molecular formula is C16H19NO. The van der Waals surface area contributed by atoms with Crippen molar-refractivity contribution < 1.29 is 4.79 Å². The molecule has 0 fully saturated rings. The number of ketones is 1. The fourth-order valence-electron chi connectivity index (χ4n) is 2.04. The van der Waals surface area contributed by atoms with Gasteiger partial charge in [0.25, 0.3) is 0 Å². The minimum absolute atomic E-state index is 0.0554. The van der Waals surface area contributed by atoms with E-state index in [4.69, 9.17) is 0 Å². The molecule has 0 aliphatic carbocycles. The molecule has 1 aromatic heterocycles. The lowest BCUT2D eigenvalue weighted by Crippen LogP contribution is -2.06. The number of carbonyl (C=O) groups excluding carboxylic acids is 1. The quantitative estimate of drug-likeness (QED) is 0.748. The van der Waals surface area contributed by atoms with Gasteiger partial charge in [0, 0.05) is 30.4 Å². The Kier molecular flexibility index (Phi) is 3.66. The maximum absolute atomic E-state index is 11.9. The largest absolute Gasteiger partial charge is 0.349 e. The molecule has 0 amide bonds. The van der Waals surface area contributed by atoms with Gasteiger partial charge in [-0.1, -0.05) is 43.7 Å².